The van der Waals surface area contributed by atoms with Crippen molar-refractivity contribution >= 4 is 29.4 Å². The van der Waals surface area contributed by atoms with Crippen molar-refractivity contribution in [2.75, 3.05) is 6.61 Å². The fourth-order valence-electron chi connectivity index (χ4n) is 4.90. The SMILES string of the molecule is CC(=O)C(C)(C)NC(=O)CCCc1ccc(Cn2cc([C@H]3C[C@@H](O)CCO3)c3c2[C@H](Cl)CC=C3)cc1. The molecule has 0 saturated carbocycles. The molecule has 1 fully saturated rings. The van der Waals surface area contributed by atoms with Crippen LogP contribution in [0.3, 0.4) is 0 Å². The molecule has 194 valence electrons. The molecular formula is C29H37ClN2O4. The number of ketones is 1. The molecule has 0 unspecified atom stereocenters. The Morgan fingerprint density at radius 2 is 1.94 bits per heavy atom. The van der Waals surface area contributed by atoms with Crippen molar-refractivity contribution in [1.29, 1.82) is 0 Å². The Hall–Kier alpha value is -2.41. The van der Waals surface area contributed by atoms with E-state index in [0.29, 0.717) is 32.4 Å². The lowest BCUT2D eigenvalue weighted by Gasteiger charge is -2.27. The van der Waals surface area contributed by atoms with Crippen LogP contribution in [0.1, 0.15) is 92.3 Å². The lowest BCUT2D eigenvalue weighted by molar-refractivity contribution is -0.129. The van der Waals surface area contributed by atoms with E-state index in [4.69, 9.17) is 16.3 Å². The van der Waals surface area contributed by atoms with Crippen molar-refractivity contribution < 1.29 is 19.4 Å². The predicted octanol–water partition coefficient (Wildman–Crippen LogP) is 5.25. The third-order valence-corrected chi connectivity index (χ3v) is 7.68. The summed E-state index contributed by atoms with van der Waals surface area (Å²) in [6, 6.07) is 8.48. The minimum atomic E-state index is -0.822. The molecule has 2 N–H and O–H groups in total. The first kappa shape index (κ1) is 26.6. The Morgan fingerprint density at radius 1 is 1.22 bits per heavy atom. The summed E-state index contributed by atoms with van der Waals surface area (Å²) in [7, 11) is 0. The zero-order chi connectivity index (χ0) is 25.9. The van der Waals surface area contributed by atoms with Crippen LogP contribution in [-0.2, 0) is 27.3 Å². The van der Waals surface area contributed by atoms with Crippen molar-refractivity contribution in [3.63, 3.8) is 0 Å². The number of rotatable bonds is 9. The minimum Gasteiger partial charge on any atom is -0.393 e. The number of aryl methyl sites for hydroxylation is 1. The van der Waals surface area contributed by atoms with Crippen LogP contribution in [0.4, 0.5) is 0 Å². The third-order valence-electron chi connectivity index (χ3n) is 7.30. The van der Waals surface area contributed by atoms with Gasteiger partial charge in [-0.25, -0.2) is 0 Å². The van der Waals surface area contributed by atoms with Crippen LogP contribution >= 0.6 is 11.6 Å². The third kappa shape index (κ3) is 6.28. The number of aromatic nitrogens is 1. The number of allylic oxidation sites excluding steroid dienone is 1. The molecule has 1 aliphatic carbocycles. The zero-order valence-electron chi connectivity index (χ0n) is 21.4. The number of ether oxygens (including phenoxy) is 1. The number of halogens is 1. The number of hydrogen-bond donors (Lipinski definition) is 2. The number of benzene rings is 1. The van der Waals surface area contributed by atoms with Crippen molar-refractivity contribution in [1.82, 2.24) is 9.88 Å². The Bertz CT molecular complexity index is 1120. The maximum atomic E-state index is 12.2. The van der Waals surface area contributed by atoms with Crippen LogP contribution in [0, 0.1) is 0 Å². The predicted molar refractivity (Wildman–Crippen MR) is 142 cm³/mol. The number of alkyl halides is 1. The van der Waals surface area contributed by atoms with E-state index in [2.05, 4.69) is 52.5 Å². The van der Waals surface area contributed by atoms with Crippen molar-refractivity contribution in [2.24, 2.45) is 0 Å². The summed E-state index contributed by atoms with van der Waals surface area (Å²) < 4.78 is 8.24. The monoisotopic (exact) mass is 512 g/mol. The Kier molecular flexibility index (Phi) is 8.38. The van der Waals surface area contributed by atoms with Crippen molar-refractivity contribution in [2.45, 2.75) is 89.0 Å². The van der Waals surface area contributed by atoms with Gasteiger partial charge in [-0.3, -0.25) is 9.59 Å². The first-order chi connectivity index (χ1) is 17.1. The maximum Gasteiger partial charge on any atom is 0.220 e. The lowest BCUT2D eigenvalue weighted by Crippen LogP contribution is -2.48. The molecule has 3 atom stereocenters. The lowest BCUT2D eigenvalue weighted by atomic mass is 9.94. The highest BCUT2D eigenvalue weighted by molar-refractivity contribution is 6.21. The van der Waals surface area contributed by atoms with E-state index in [1.165, 1.54) is 18.1 Å². The van der Waals surface area contributed by atoms with Crippen LogP contribution in [0.5, 0.6) is 0 Å². The van der Waals surface area contributed by atoms with E-state index in [1.54, 1.807) is 13.8 Å². The molecule has 1 aromatic heterocycles. The number of carbonyl (C=O) groups excluding carboxylic acids is 2. The number of nitrogens with zero attached hydrogens (tertiary/aromatic N) is 1. The quantitative estimate of drug-likeness (QED) is 0.449. The van der Waals surface area contributed by atoms with Crippen molar-refractivity contribution in [3.05, 3.63) is 64.5 Å². The second-order valence-electron chi connectivity index (χ2n) is 10.6. The van der Waals surface area contributed by atoms with Gasteiger partial charge in [0.05, 0.1) is 23.1 Å². The molecule has 0 spiro atoms. The molecule has 1 aromatic carbocycles. The molecular weight excluding hydrogens is 476 g/mol. The molecule has 1 aliphatic heterocycles. The van der Waals surface area contributed by atoms with Gasteiger partial charge >= 0.3 is 0 Å². The average molecular weight is 513 g/mol. The van der Waals surface area contributed by atoms with Gasteiger partial charge in [0.25, 0.3) is 0 Å². The summed E-state index contributed by atoms with van der Waals surface area (Å²) in [4.78, 5) is 23.8. The highest BCUT2D eigenvalue weighted by Crippen LogP contribution is 2.41. The molecule has 0 bridgehead atoms. The van der Waals surface area contributed by atoms with Crippen LogP contribution in [-0.4, -0.2) is 39.6 Å². The molecule has 7 heteroatoms. The number of fused-ring (bicyclic) bond motifs is 1. The molecule has 0 radical (unpaired) electrons. The maximum absolute atomic E-state index is 12.2. The van der Waals surface area contributed by atoms with E-state index in [9.17, 15) is 14.7 Å². The molecule has 1 saturated heterocycles. The highest BCUT2D eigenvalue weighted by atomic mass is 35.5. The number of aliphatic hydroxyl groups is 1. The highest BCUT2D eigenvalue weighted by Gasteiger charge is 2.30. The first-order valence-electron chi connectivity index (χ1n) is 12.9. The number of Topliss-reactive ketones (excluding diaryl/α,β-unsaturated/α-hetero) is 1. The van der Waals surface area contributed by atoms with Gasteiger partial charge < -0.3 is 19.7 Å². The Labute approximate surface area is 218 Å². The molecule has 2 aliphatic rings. The van der Waals surface area contributed by atoms with Crippen LogP contribution < -0.4 is 5.32 Å². The number of aliphatic hydroxyl groups excluding tert-OH is 1. The van der Waals surface area contributed by atoms with E-state index in [-0.39, 0.29) is 29.3 Å². The van der Waals surface area contributed by atoms with Crippen LogP contribution in [0.2, 0.25) is 0 Å². The first-order valence-corrected chi connectivity index (χ1v) is 13.3. The molecule has 4 rings (SSSR count). The minimum absolute atomic E-state index is 0.0529. The number of amides is 1. The fraction of sp³-hybridized carbons (Fsp3) is 0.517. The van der Waals surface area contributed by atoms with Gasteiger partial charge in [-0.05, 0) is 57.6 Å². The average Bonchev–Trinajstić information content (AvgIpc) is 3.19. The summed E-state index contributed by atoms with van der Waals surface area (Å²) in [5.41, 5.74) is 4.87. The van der Waals surface area contributed by atoms with Gasteiger partial charge in [-0.2, -0.15) is 0 Å². The Balaban J connectivity index is 1.39. The molecule has 36 heavy (non-hydrogen) atoms. The molecule has 6 nitrogen and oxygen atoms in total. The van der Waals surface area contributed by atoms with E-state index in [1.807, 2.05) is 0 Å². The fourth-order valence-corrected chi connectivity index (χ4v) is 5.25. The van der Waals surface area contributed by atoms with Gasteiger partial charge in [0.2, 0.25) is 5.91 Å². The molecule has 2 heterocycles. The number of carbonyl (C=O) groups is 2. The Morgan fingerprint density at radius 3 is 2.64 bits per heavy atom. The topological polar surface area (TPSA) is 80.6 Å². The normalized spacial score (nSPS) is 21.8. The smallest absolute Gasteiger partial charge is 0.220 e. The van der Waals surface area contributed by atoms with E-state index < -0.39 is 5.54 Å². The van der Waals surface area contributed by atoms with E-state index in [0.717, 1.165) is 36.1 Å². The van der Waals surface area contributed by atoms with Gasteiger partial charge in [0.1, 0.15) is 0 Å². The molecule has 1 amide bonds. The standard InChI is InChI=1S/C29H37ClN2O4/c1-19(33)29(2,3)31-27(35)9-4-6-20-10-12-21(13-11-20)17-32-18-24(26-16-22(34)14-15-36-26)23-7-5-8-25(30)28(23)32/h5,7,10-13,18,22,25-26,34H,4,6,8-9,14-17H2,1-3H3,(H,31,35)/t22-,25+,26+/m0/s1. The van der Waals surface area contributed by atoms with Crippen LogP contribution in [0.15, 0.2) is 36.5 Å². The summed E-state index contributed by atoms with van der Waals surface area (Å²) in [6.07, 6.45) is 9.95. The van der Waals surface area contributed by atoms with Crippen molar-refractivity contribution in [3.8, 4) is 0 Å². The number of nitrogens with one attached hydrogen (secondary N) is 1. The molecule has 2 aromatic rings. The number of hydrogen-bond acceptors (Lipinski definition) is 4. The summed E-state index contributed by atoms with van der Waals surface area (Å²) in [5, 5.41) is 12.9. The summed E-state index contributed by atoms with van der Waals surface area (Å²) in [6.45, 7) is 6.22. The summed E-state index contributed by atoms with van der Waals surface area (Å²) in [5.74, 6) is -0.151. The second kappa shape index (κ2) is 11.3. The van der Waals surface area contributed by atoms with Gasteiger partial charge in [-0.15, -0.1) is 11.6 Å². The largest absolute Gasteiger partial charge is 0.393 e. The zero-order valence-corrected chi connectivity index (χ0v) is 22.2. The van der Waals surface area contributed by atoms with E-state index >= 15 is 0 Å². The second-order valence-corrected chi connectivity index (χ2v) is 11.1. The van der Waals surface area contributed by atoms with Gasteiger partial charge in [-0.1, -0.05) is 36.4 Å². The van der Waals surface area contributed by atoms with Gasteiger partial charge in [0, 0.05) is 49.0 Å². The van der Waals surface area contributed by atoms with Gasteiger partial charge in [0.15, 0.2) is 5.78 Å². The van der Waals surface area contributed by atoms with Crippen LogP contribution in [0.25, 0.3) is 6.08 Å². The summed E-state index contributed by atoms with van der Waals surface area (Å²) >= 11 is 6.75.